The fourth-order valence-electron chi connectivity index (χ4n) is 1.88. The van der Waals surface area contributed by atoms with Gasteiger partial charge in [-0.15, -0.1) is 5.10 Å². The van der Waals surface area contributed by atoms with Crippen LogP contribution in [0.25, 0.3) is 0 Å². The number of rotatable bonds is 4. The quantitative estimate of drug-likeness (QED) is 0.775. The molecule has 0 bridgehead atoms. The number of hydrogen-bond donors (Lipinski definition) is 2. The third-order valence-corrected chi connectivity index (χ3v) is 3.14. The van der Waals surface area contributed by atoms with Gasteiger partial charge in [0.15, 0.2) is 5.69 Å². The van der Waals surface area contributed by atoms with E-state index >= 15 is 0 Å². The Labute approximate surface area is 115 Å². The first kappa shape index (κ1) is 12.7. The van der Waals surface area contributed by atoms with Crippen LogP contribution in [-0.2, 0) is 6.54 Å². The van der Waals surface area contributed by atoms with E-state index < -0.39 is 0 Å². The van der Waals surface area contributed by atoms with Crippen LogP contribution < -0.4 is 10.6 Å². The number of aromatic nitrogens is 5. The zero-order valence-electron chi connectivity index (χ0n) is 11.1. The predicted molar refractivity (Wildman–Crippen MR) is 69.9 cm³/mol. The summed E-state index contributed by atoms with van der Waals surface area (Å²) in [6.07, 6.45) is 3.34. The second-order valence-corrected chi connectivity index (χ2v) is 4.67. The van der Waals surface area contributed by atoms with Gasteiger partial charge in [-0.25, -0.2) is 14.6 Å². The molecule has 1 saturated heterocycles. The lowest BCUT2D eigenvalue weighted by atomic mass is 10.2. The molecule has 1 aliphatic rings. The lowest BCUT2D eigenvalue weighted by Gasteiger charge is -2.26. The molecule has 2 N–H and O–H groups in total. The topological polar surface area (TPSA) is 97.6 Å². The third-order valence-electron chi connectivity index (χ3n) is 3.14. The van der Waals surface area contributed by atoms with Crippen molar-refractivity contribution in [2.45, 2.75) is 19.5 Å². The van der Waals surface area contributed by atoms with E-state index in [4.69, 9.17) is 0 Å². The summed E-state index contributed by atoms with van der Waals surface area (Å²) in [6.45, 7) is 3.89. The van der Waals surface area contributed by atoms with E-state index in [1.807, 2.05) is 6.92 Å². The molecular formula is C12H15N7O. The highest BCUT2D eigenvalue weighted by Gasteiger charge is 2.21. The smallest absolute Gasteiger partial charge is 0.273 e. The van der Waals surface area contributed by atoms with Crippen LogP contribution in [-0.4, -0.2) is 44.0 Å². The van der Waals surface area contributed by atoms with Gasteiger partial charge in [0, 0.05) is 19.3 Å². The van der Waals surface area contributed by atoms with Gasteiger partial charge in [0.1, 0.15) is 5.82 Å². The van der Waals surface area contributed by atoms with Crippen molar-refractivity contribution < 1.29 is 4.79 Å². The summed E-state index contributed by atoms with van der Waals surface area (Å²) in [6, 6.07) is 2.07. The van der Waals surface area contributed by atoms with Gasteiger partial charge in [0.2, 0.25) is 0 Å². The van der Waals surface area contributed by atoms with E-state index in [0.29, 0.717) is 24.1 Å². The molecule has 2 aromatic rings. The number of carbonyl (C=O) groups excluding carboxylic acids is 1. The Morgan fingerprint density at radius 1 is 1.55 bits per heavy atom. The fraction of sp³-hybridized carbons (Fsp3) is 0.417. The number of nitrogens with one attached hydrogen (secondary N) is 2. The maximum Gasteiger partial charge on any atom is 0.273 e. The zero-order valence-corrected chi connectivity index (χ0v) is 11.1. The van der Waals surface area contributed by atoms with Gasteiger partial charge in [0.25, 0.3) is 5.91 Å². The van der Waals surface area contributed by atoms with E-state index in [-0.39, 0.29) is 5.91 Å². The minimum Gasteiger partial charge on any atom is -0.345 e. The van der Waals surface area contributed by atoms with E-state index in [0.717, 1.165) is 18.8 Å². The summed E-state index contributed by atoms with van der Waals surface area (Å²) >= 11 is 0. The van der Waals surface area contributed by atoms with Gasteiger partial charge in [-0.3, -0.25) is 4.79 Å². The Morgan fingerprint density at radius 3 is 3.10 bits per heavy atom. The highest BCUT2D eigenvalue weighted by molar-refractivity contribution is 5.91. The molecule has 0 atom stereocenters. The summed E-state index contributed by atoms with van der Waals surface area (Å²) < 4.78 is 1.72. The van der Waals surface area contributed by atoms with E-state index in [1.54, 1.807) is 23.1 Å². The van der Waals surface area contributed by atoms with Gasteiger partial charge in [0.05, 0.1) is 24.5 Å². The molecule has 3 rings (SSSR count). The van der Waals surface area contributed by atoms with Crippen LogP contribution in [0.4, 0.5) is 0 Å². The average molecular weight is 273 g/mol. The van der Waals surface area contributed by atoms with Crippen LogP contribution >= 0.6 is 0 Å². The average Bonchev–Trinajstić information content (AvgIpc) is 2.83. The van der Waals surface area contributed by atoms with Gasteiger partial charge in [-0.05, 0) is 13.0 Å². The van der Waals surface area contributed by atoms with Gasteiger partial charge < -0.3 is 10.6 Å². The van der Waals surface area contributed by atoms with Crippen molar-refractivity contribution in [1.29, 1.82) is 0 Å². The molecule has 1 fully saturated rings. The van der Waals surface area contributed by atoms with Crippen molar-refractivity contribution in [2.75, 3.05) is 13.1 Å². The Kier molecular flexibility index (Phi) is 3.38. The standard InChI is InChI=1S/C12H15N7O/c1-8-14-3-2-9(16-8)4-15-12(20)11-7-19(18-17-11)10-5-13-6-10/h2-3,7,10,13H,4-6H2,1H3,(H,15,20). The molecule has 0 aromatic carbocycles. The first-order chi connectivity index (χ1) is 9.72. The molecule has 0 aliphatic carbocycles. The van der Waals surface area contributed by atoms with Crippen molar-refractivity contribution in [3.05, 3.63) is 35.7 Å². The lowest BCUT2D eigenvalue weighted by molar-refractivity contribution is 0.0945. The molecule has 2 aromatic heterocycles. The van der Waals surface area contributed by atoms with Crippen LogP contribution in [0, 0.1) is 6.92 Å². The number of carbonyl (C=O) groups is 1. The Balaban J connectivity index is 1.60. The van der Waals surface area contributed by atoms with Crippen LogP contribution in [0.3, 0.4) is 0 Å². The van der Waals surface area contributed by atoms with Crippen LogP contribution in [0.5, 0.6) is 0 Å². The summed E-state index contributed by atoms with van der Waals surface area (Å²) in [5.41, 5.74) is 1.09. The molecule has 0 radical (unpaired) electrons. The number of aryl methyl sites for hydroxylation is 1. The highest BCUT2D eigenvalue weighted by atomic mass is 16.2. The minimum absolute atomic E-state index is 0.250. The highest BCUT2D eigenvalue weighted by Crippen LogP contribution is 2.09. The monoisotopic (exact) mass is 273 g/mol. The molecule has 0 saturated carbocycles. The molecule has 104 valence electrons. The zero-order chi connectivity index (χ0) is 13.9. The molecule has 20 heavy (non-hydrogen) atoms. The molecular weight excluding hydrogens is 258 g/mol. The minimum atomic E-state index is -0.250. The third kappa shape index (κ3) is 2.64. The van der Waals surface area contributed by atoms with Gasteiger partial charge >= 0.3 is 0 Å². The normalized spacial score (nSPS) is 14.8. The predicted octanol–water partition coefficient (Wildman–Crippen LogP) is -0.549. The Morgan fingerprint density at radius 2 is 2.40 bits per heavy atom. The SMILES string of the molecule is Cc1nccc(CNC(=O)c2cn(C3CNC3)nn2)n1. The van der Waals surface area contributed by atoms with Crippen molar-refractivity contribution >= 4 is 5.91 Å². The molecule has 0 spiro atoms. The summed E-state index contributed by atoms with van der Waals surface area (Å²) in [5.74, 6) is 0.431. The molecule has 3 heterocycles. The molecule has 1 aliphatic heterocycles. The molecule has 8 nitrogen and oxygen atoms in total. The van der Waals surface area contributed by atoms with Crippen molar-refractivity contribution in [3.63, 3.8) is 0 Å². The summed E-state index contributed by atoms with van der Waals surface area (Å²) in [4.78, 5) is 20.2. The number of hydrogen-bond acceptors (Lipinski definition) is 6. The van der Waals surface area contributed by atoms with E-state index in [9.17, 15) is 4.79 Å². The first-order valence-electron chi connectivity index (χ1n) is 6.41. The van der Waals surface area contributed by atoms with Crippen molar-refractivity contribution in [1.82, 2.24) is 35.6 Å². The number of amides is 1. The summed E-state index contributed by atoms with van der Waals surface area (Å²) in [5, 5.41) is 13.8. The van der Waals surface area contributed by atoms with E-state index in [1.165, 1.54) is 0 Å². The second kappa shape index (κ2) is 5.33. The lowest BCUT2D eigenvalue weighted by Crippen LogP contribution is -2.43. The van der Waals surface area contributed by atoms with Crippen molar-refractivity contribution in [2.24, 2.45) is 0 Å². The molecule has 8 heteroatoms. The Hall–Kier alpha value is -2.35. The van der Waals surface area contributed by atoms with Crippen LogP contribution in [0.2, 0.25) is 0 Å². The molecule has 0 unspecified atom stereocenters. The molecule has 1 amide bonds. The van der Waals surface area contributed by atoms with Crippen LogP contribution in [0.15, 0.2) is 18.5 Å². The number of nitrogens with zero attached hydrogens (tertiary/aromatic N) is 5. The first-order valence-corrected chi connectivity index (χ1v) is 6.41. The van der Waals surface area contributed by atoms with E-state index in [2.05, 4.69) is 30.9 Å². The van der Waals surface area contributed by atoms with Crippen molar-refractivity contribution in [3.8, 4) is 0 Å². The Bertz CT molecular complexity index is 620. The maximum atomic E-state index is 12.0. The van der Waals surface area contributed by atoms with Gasteiger partial charge in [-0.1, -0.05) is 5.21 Å². The fourth-order valence-corrected chi connectivity index (χ4v) is 1.88. The maximum absolute atomic E-state index is 12.0. The van der Waals surface area contributed by atoms with Gasteiger partial charge in [-0.2, -0.15) is 0 Å². The largest absolute Gasteiger partial charge is 0.345 e. The second-order valence-electron chi connectivity index (χ2n) is 4.67. The summed E-state index contributed by atoms with van der Waals surface area (Å²) in [7, 11) is 0. The van der Waals surface area contributed by atoms with Crippen LogP contribution in [0.1, 0.15) is 28.0 Å².